The lowest BCUT2D eigenvalue weighted by atomic mass is 10.1. The summed E-state index contributed by atoms with van der Waals surface area (Å²) in [4.78, 5) is 4.31. The summed E-state index contributed by atoms with van der Waals surface area (Å²) in [5, 5.41) is 3.17. The van der Waals surface area contributed by atoms with Gasteiger partial charge in [0.2, 0.25) is 5.89 Å². The highest BCUT2D eigenvalue weighted by Crippen LogP contribution is 2.21. The van der Waals surface area contributed by atoms with E-state index in [0.29, 0.717) is 30.2 Å². The Hall–Kier alpha value is -1.72. The molecule has 1 aromatic carbocycles. The molecule has 4 nitrogen and oxygen atoms in total. The molecule has 0 bridgehead atoms. The first-order valence-corrected chi connectivity index (χ1v) is 6.11. The van der Waals surface area contributed by atoms with Gasteiger partial charge >= 0.3 is 0 Å². The molecule has 0 aliphatic rings. The summed E-state index contributed by atoms with van der Waals surface area (Å²) in [6.07, 6.45) is 1.58. The number of aromatic nitrogens is 1. The van der Waals surface area contributed by atoms with E-state index in [2.05, 4.69) is 10.3 Å². The SMILES string of the molecule is COCCNCc1coc(-c2ccc(C)c(F)c2)n1. The van der Waals surface area contributed by atoms with Crippen LogP contribution in [0, 0.1) is 12.7 Å². The number of rotatable bonds is 6. The summed E-state index contributed by atoms with van der Waals surface area (Å²) in [5.41, 5.74) is 2.04. The quantitative estimate of drug-likeness (QED) is 0.814. The Morgan fingerprint density at radius 1 is 1.42 bits per heavy atom. The Kier molecular flexibility index (Phi) is 4.65. The molecule has 0 unspecified atom stereocenters. The molecule has 0 spiro atoms. The van der Waals surface area contributed by atoms with Crippen molar-refractivity contribution in [2.24, 2.45) is 0 Å². The molecule has 2 rings (SSSR count). The Bertz CT molecular complexity index is 540. The van der Waals surface area contributed by atoms with Crippen LogP contribution in [0.5, 0.6) is 0 Å². The molecule has 0 fully saturated rings. The normalized spacial score (nSPS) is 10.9. The van der Waals surface area contributed by atoms with Crippen molar-refractivity contribution in [2.45, 2.75) is 13.5 Å². The molecule has 102 valence electrons. The van der Waals surface area contributed by atoms with Crippen LogP contribution in [0.25, 0.3) is 11.5 Å². The molecule has 1 heterocycles. The lowest BCUT2D eigenvalue weighted by Gasteiger charge is -2.00. The summed E-state index contributed by atoms with van der Waals surface area (Å²) in [5.74, 6) is 0.179. The number of hydrogen-bond acceptors (Lipinski definition) is 4. The van der Waals surface area contributed by atoms with Gasteiger partial charge < -0.3 is 14.5 Å². The fourth-order valence-corrected chi connectivity index (χ4v) is 1.64. The predicted molar refractivity (Wildman–Crippen MR) is 70.2 cm³/mol. The zero-order valence-corrected chi connectivity index (χ0v) is 11.1. The smallest absolute Gasteiger partial charge is 0.226 e. The topological polar surface area (TPSA) is 47.3 Å². The van der Waals surface area contributed by atoms with Crippen LogP contribution in [0.4, 0.5) is 4.39 Å². The van der Waals surface area contributed by atoms with Crippen molar-refractivity contribution in [3.63, 3.8) is 0 Å². The van der Waals surface area contributed by atoms with Crippen molar-refractivity contribution in [2.75, 3.05) is 20.3 Å². The highest BCUT2D eigenvalue weighted by molar-refractivity contribution is 5.54. The average Bonchev–Trinajstić information content (AvgIpc) is 2.87. The van der Waals surface area contributed by atoms with Gasteiger partial charge in [-0.05, 0) is 24.6 Å². The van der Waals surface area contributed by atoms with Gasteiger partial charge in [-0.1, -0.05) is 6.07 Å². The summed E-state index contributed by atoms with van der Waals surface area (Å²) in [6, 6.07) is 4.95. The Morgan fingerprint density at radius 3 is 3.00 bits per heavy atom. The van der Waals surface area contributed by atoms with E-state index in [0.717, 1.165) is 12.2 Å². The van der Waals surface area contributed by atoms with E-state index >= 15 is 0 Å². The second kappa shape index (κ2) is 6.45. The number of aryl methyl sites for hydroxylation is 1. The first kappa shape index (κ1) is 13.7. The molecule has 0 aliphatic heterocycles. The van der Waals surface area contributed by atoms with Gasteiger partial charge in [0.05, 0.1) is 12.3 Å². The molecule has 1 N–H and O–H groups in total. The number of hydrogen-bond donors (Lipinski definition) is 1. The molecule has 2 aromatic rings. The van der Waals surface area contributed by atoms with Crippen molar-refractivity contribution in [3.8, 4) is 11.5 Å². The number of oxazole rings is 1. The van der Waals surface area contributed by atoms with E-state index in [-0.39, 0.29) is 5.82 Å². The van der Waals surface area contributed by atoms with E-state index in [1.165, 1.54) is 6.07 Å². The minimum absolute atomic E-state index is 0.254. The maximum atomic E-state index is 13.5. The van der Waals surface area contributed by atoms with E-state index in [1.807, 2.05) is 0 Å². The number of nitrogens with zero attached hydrogens (tertiary/aromatic N) is 1. The van der Waals surface area contributed by atoms with Crippen LogP contribution in [0.15, 0.2) is 28.9 Å². The van der Waals surface area contributed by atoms with Crippen LogP contribution in [0.3, 0.4) is 0 Å². The van der Waals surface area contributed by atoms with Gasteiger partial charge in [0.1, 0.15) is 12.1 Å². The first-order valence-electron chi connectivity index (χ1n) is 6.11. The molecule has 19 heavy (non-hydrogen) atoms. The van der Waals surface area contributed by atoms with Gasteiger partial charge in [0.25, 0.3) is 0 Å². The second-order valence-corrected chi connectivity index (χ2v) is 4.28. The van der Waals surface area contributed by atoms with Crippen molar-refractivity contribution in [3.05, 3.63) is 41.5 Å². The Labute approximate surface area is 111 Å². The lowest BCUT2D eigenvalue weighted by molar-refractivity contribution is 0.199. The molecular formula is C14H17FN2O2. The number of methoxy groups -OCH3 is 1. The minimum Gasteiger partial charge on any atom is -0.444 e. The van der Waals surface area contributed by atoms with Crippen molar-refractivity contribution in [1.82, 2.24) is 10.3 Å². The monoisotopic (exact) mass is 264 g/mol. The molecule has 0 radical (unpaired) electrons. The van der Waals surface area contributed by atoms with Gasteiger partial charge in [-0.15, -0.1) is 0 Å². The summed E-state index contributed by atoms with van der Waals surface area (Å²) < 4.78 is 23.7. The number of nitrogens with one attached hydrogen (secondary N) is 1. The van der Waals surface area contributed by atoms with E-state index in [9.17, 15) is 4.39 Å². The predicted octanol–water partition coefficient (Wildman–Crippen LogP) is 2.53. The summed E-state index contributed by atoms with van der Waals surface area (Å²) >= 11 is 0. The number of ether oxygens (including phenoxy) is 1. The molecule has 0 saturated heterocycles. The number of halogens is 1. The fraction of sp³-hybridized carbons (Fsp3) is 0.357. The van der Waals surface area contributed by atoms with Crippen LogP contribution < -0.4 is 5.32 Å². The highest BCUT2D eigenvalue weighted by atomic mass is 19.1. The second-order valence-electron chi connectivity index (χ2n) is 4.28. The van der Waals surface area contributed by atoms with E-state index in [1.54, 1.807) is 32.4 Å². The minimum atomic E-state index is -0.254. The third-order valence-corrected chi connectivity index (χ3v) is 2.76. The van der Waals surface area contributed by atoms with Crippen molar-refractivity contribution < 1.29 is 13.5 Å². The lowest BCUT2D eigenvalue weighted by Crippen LogP contribution is -2.18. The van der Waals surface area contributed by atoms with Gasteiger partial charge in [0.15, 0.2) is 0 Å². The van der Waals surface area contributed by atoms with Crippen LogP contribution in [0.2, 0.25) is 0 Å². The Morgan fingerprint density at radius 2 is 2.26 bits per heavy atom. The molecular weight excluding hydrogens is 247 g/mol. The van der Waals surface area contributed by atoms with Crippen LogP contribution >= 0.6 is 0 Å². The number of benzene rings is 1. The summed E-state index contributed by atoms with van der Waals surface area (Å²) in [7, 11) is 1.65. The first-order chi connectivity index (χ1) is 9.20. The van der Waals surface area contributed by atoms with Gasteiger partial charge in [-0.25, -0.2) is 9.37 Å². The maximum absolute atomic E-state index is 13.5. The zero-order chi connectivity index (χ0) is 13.7. The Balaban J connectivity index is 2.01. The van der Waals surface area contributed by atoms with E-state index in [4.69, 9.17) is 9.15 Å². The van der Waals surface area contributed by atoms with Crippen molar-refractivity contribution >= 4 is 0 Å². The van der Waals surface area contributed by atoms with Crippen LogP contribution in [-0.2, 0) is 11.3 Å². The average molecular weight is 264 g/mol. The summed E-state index contributed by atoms with van der Waals surface area (Å²) in [6.45, 7) is 3.72. The molecule has 0 amide bonds. The molecule has 5 heteroatoms. The van der Waals surface area contributed by atoms with Gasteiger partial charge in [0, 0.05) is 25.8 Å². The maximum Gasteiger partial charge on any atom is 0.226 e. The molecule has 0 saturated carbocycles. The van der Waals surface area contributed by atoms with Gasteiger partial charge in [-0.3, -0.25) is 0 Å². The third-order valence-electron chi connectivity index (χ3n) is 2.76. The van der Waals surface area contributed by atoms with Crippen LogP contribution in [0.1, 0.15) is 11.3 Å². The zero-order valence-electron chi connectivity index (χ0n) is 11.1. The molecule has 0 aliphatic carbocycles. The fourth-order valence-electron chi connectivity index (χ4n) is 1.64. The largest absolute Gasteiger partial charge is 0.444 e. The molecule has 0 atom stereocenters. The van der Waals surface area contributed by atoms with Gasteiger partial charge in [-0.2, -0.15) is 0 Å². The van der Waals surface area contributed by atoms with Crippen molar-refractivity contribution in [1.29, 1.82) is 0 Å². The van der Waals surface area contributed by atoms with E-state index < -0.39 is 0 Å². The standard InChI is InChI=1S/C14H17FN2O2/c1-10-3-4-11(7-13(10)15)14-17-12(9-19-14)8-16-5-6-18-2/h3-4,7,9,16H,5-6,8H2,1-2H3. The third kappa shape index (κ3) is 3.62. The van der Waals surface area contributed by atoms with Crippen LogP contribution in [-0.4, -0.2) is 25.2 Å². The molecule has 1 aromatic heterocycles. The highest BCUT2D eigenvalue weighted by Gasteiger charge is 2.08.